The van der Waals surface area contributed by atoms with Crippen molar-refractivity contribution in [2.75, 3.05) is 32.7 Å². The summed E-state index contributed by atoms with van der Waals surface area (Å²) in [5, 5.41) is 4.15. The minimum absolute atomic E-state index is 0.518. The van der Waals surface area contributed by atoms with Crippen molar-refractivity contribution >= 4 is 16.7 Å². The van der Waals surface area contributed by atoms with Crippen molar-refractivity contribution in [2.45, 2.75) is 26.7 Å². The molecule has 0 saturated carbocycles. The summed E-state index contributed by atoms with van der Waals surface area (Å²) < 4.78 is 16.7. The molecular formula is C16H23N3O3. The second kappa shape index (κ2) is 7.68. The van der Waals surface area contributed by atoms with Gasteiger partial charge < -0.3 is 19.5 Å². The average molecular weight is 305 g/mol. The molecule has 0 aliphatic carbocycles. The van der Waals surface area contributed by atoms with E-state index in [1.165, 1.54) is 6.33 Å². The van der Waals surface area contributed by atoms with Crippen molar-refractivity contribution in [3.63, 3.8) is 0 Å². The molecule has 0 spiro atoms. The monoisotopic (exact) mass is 305 g/mol. The molecule has 6 nitrogen and oxygen atoms in total. The smallest absolute Gasteiger partial charge is 0.204 e. The highest BCUT2D eigenvalue weighted by Gasteiger charge is 2.20. The van der Waals surface area contributed by atoms with Crippen molar-refractivity contribution in [3.05, 3.63) is 12.4 Å². The quantitative estimate of drug-likeness (QED) is 0.755. The van der Waals surface area contributed by atoms with Crippen molar-refractivity contribution < 1.29 is 14.2 Å². The molecular weight excluding hydrogens is 282 g/mol. The van der Waals surface area contributed by atoms with Crippen LogP contribution >= 0.6 is 0 Å². The van der Waals surface area contributed by atoms with E-state index >= 15 is 0 Å². The van der Waals surface area contributed by atoms with Gasteiger partial charge >= 0.3 is 0 Å². The zero-order valence-electron chi connectivity index (χ0n) is 13.6. The number of hydrogen-bond donors (Lipinski definition) is 1. The maximum atomic E-state index is 5.71. The molecule has 2 aromatic rings. The lowest BCUT2D eigenvalue weighted by molar-refractivity contribution is 0.290. The number of ether oxygens (including phenoxy) is 3. The van der Waals surface area contributed by atoms with Crippen molar-refractivity contribution in [1.82, 2.24) is 9.97 Å². The van der Waals surface area contributed by atoms with Crippen LogP contribution in [0.25, 0.3) is 10.9 Å². The first-order chi connectivity index (χ1) is 10.8. The topological polar surface area (TPSA) is 65.5 Å². The van der Waals surface area contributed by atoms with Gasteiger partial charge in [0.05, 0.1) is 31.7 Å². The SMILES string of the molecule is CCCCNc1ncnc2cc(OC)c(OCC)c(OC)c12. The predicted molar refractivity (Wildman–Crippen MR) is 87.2 cm³/mol. The number of hydrogen-bond acceptors (Lipinski definition) is 6. The van der Waals surface area contributed by atoms with Gasteiger partial charge in [-0.1, -0.05) is 13.3 Å². The maximum Gasteiger partial charge on any atom is 0.204 e. The molecule has 0 atom stereocenters. The molecule has 1 aromatic carbocycles. The highest BCUT2D eigenvalue weighted by atomic mass is 16.5. The third kappa shape index (κ3) is 3.16. The van der Waals surface area contributed by atoms with Gasteiger partial charge in [-0.05, 0) is 13.3 Å². The maximum absolute atomic E-state index is 5.71. The molecule has 22 heavy (non-hydrogen) atoms. The lowest BCUT2D eigenvalue weighted by Gasteiger charge is -2.17. The number of anilines is 1. The molecule has 0 saturated heterocycles. The summed E-state index contributed by atoms with van der Waals surface area (Å²) in [6.07, 6.45) is 3.73. The summed E-state index contributed by atoms with van der Waals surface area (Å²) in [7, 11) is 3.21. The van der Waals surface area contributed by atoms with Gasteiger partial charge in [-0.3, -0.25) is 0 Å². The van der Waals surface area contributed by atoms with Gasteiger partial charge in [-0.25, -0.2) is 9.97 Å². The first-order valence-corrected chi connectivity index (χ1v) is 7.53. The molecule has 2 rings (SSSR count). The summed E-state index contributed by atoms with van der Waals surface area (Å²) in [4.78, 5) is 8.67. The van der Waals surface area contributed by atoms with Gasteiger partial charge in [0.25, 0.3) is 0 Å². The van der Waals surface area contributed by atoms with Gasteiger partial charge in [0, 0.05) is 12.6 Å². The Bertz CT molecular complexity index is 632. The molecule has 0 radical (unpaired) electrons. The third-order valence-corrected chi connectivity index (χ3v) is 3.34. The fourth-order valence-electron chi connectivity index (χ4n) is 2.29. The Kier molecular flexibility index (Phi) is 5.63. The van der Waals surface area contributed by atoms with E-state index in [9.17, 15) is 0 Å². The zero-order valence-corrected chi connectivity index (χ0v) is 13.6. The van der Waals surface area contributed by atoms with E-state index in [2.05, 4.69) is 22.2 Å². The molecule has 0 bridgehead atoms. The fourth-order valence-corrected chi connectivity index (χ4v) is 2.29. The lowest BCUT2D eigenvalue weighted by atomic mass is 10.1. The molecule has 0 unspecified atom stereocenters. The Labute approximate surface area is 130 Å². The minimum atomic E-state index is 0.518. The van der Waals surface area contributed by atoms with Gasteiger partial charge in [0.15, 0.2) is 11.5 Å². The van der Waals surface area contributed by atoms with Crippen LogP contribution in [0.4, 0.5) is 5.82 Å². The fraction of sp³-hybridized carbons (Fsp3) is 0.500. The van der Waals surface area contributed by atoms with Crippen molar-refractivity contribution in [2.24, 2.45) is 0 Å². The number of fused-ring (bicyclic) bond motifs is 1. The summed E-state index contributed by atoms with van der Waals surface area (Å²) in [6, 6.07) is 1.84. The van der Waals surface area contributed by atoms with Crippen molar-refractivity contribution in [1.29, 1.82) is 0 Å². The van der Waals surface area contributed by atoms with Gasteiger partial charge in [0.1, 0.15) is 12.1 Å². The summed E-state index contributed by atoms with van der Waals surface area (Å²) in [5.41, 5.74) is 0.756. The van der Waals surface area contributed by atoms with Crippen LogP contribution in [-0.2, 0) is 0 Å². The Morgan fingerprint density at radius 1 is 1.09 bits per heavy atom. The second-order valence-corrected chi connectivity index (χ2v) is 4.77. The Hall–Kier alpha value is -2.24. The summed E-state index contributed by atoms with van der Waals surface area (Å²) in [5.74, 6) is 2.52. The molecule has 1 N–H and O–H groups in total. The molecule has 0 aliphatic rings. The molecule has 0 fully saturated rings. The largest absolute Gasteiger partial charge is 0.493 e. The van der Waals surface area contributed by atoms with E-state index in [1.54, 1.807) is 14.2 Å². The van der Waals surface area contributed by atoms with Crippen molar-refractivity contribution in [3.8, 4) is 17.2 Å². The first-order valence-electron chi connectivity index (χ1n) is 7.53. The molecule has 1 aromatic heterocycles. The van der Waals surface area contributed by atoms with Gasteiger partial charge in [0.2, 0.25) is 5.75 Å². The van der Waals surface area contributed by atoms with Crippen LogP contribution in [0, 0.1) is 0 Å². The van der Waals surface area contributed by atoms with Crippen LogP contribution in [0.2, 0.25) is 0 Å². The molecule has 6 heteroatoms. The number of aromatic nitrogens is 2. The number of benzene rings is 1. The highest BCUT2D eigenvalue weighted by molar-refractivity contribution is 5.98. The van der Waals surface area contributed by atoms with Crippen LogP contribution in [0.15, 0.2) is 12.4 Å². The molecule has 1 heterocycles. The van der Waals surface area contributed by atoms with E-state index < -0.39 is 0 Å². The van der Waals surface area contributed by atoms with Crippen LogP contribution < -0.4 is 19.5 Å². The van der Waals surface area contributed by atoms with Crippen LogP contribution in [0.3, 0.4) is 0 Å². The first kappa shape index (κ1) is 16.1. The third-order valence-electron chi connectivity index (χ3n) is 3.34. The highest BCUT2D eigenvalue weighted by Crippen LogP contribution is 2.44. The number of nitrogens with zero attached hydrogens (tertiary/aromatic N) is 2. The van der Waals surface area contributed by atoms with E-state index in [-0.39, 0.29) is 0 Å². The number of nitrogens with one attached hydrogen (secondary N) is 1. The number of rotatable bonds is 8. The van der Waals surface area contributed by atoms with E-state index in [4.69, 9.17) is 14.2 Å². The lowest BCUT2D eigenvalue weighted by Crippen LogP contribution is -2.06. The average Bonchev–Trinajstić information content (AvgIpc) is 2.55. The van der Waals surface area contributed by atoms with Crippen LogP contribution in [0.1, 0.15) is 26.7 Å². The second-order valence-electron chi connectivity index (χ2n) is 4.77. The van der Waals surface area contributed by atoms with Crippen LogP contribution in [-0.4, -0.2) is 37.3 Å². The number of unbranched alkanes of at least 4 members (excludes halogenated alkanes) is 1. The normalized spacial score (nSPS) is 10.5. The van der Waals surface area contributed by atoms with E-state index in [0.717, 1.165) is 36.1 Å². The Morgan fingerprint density at radius 3 is 2.55 bits per heavy atom. The predicted octanol–water partition coefficient (Wildman–Crippen LogP) is 3.26. The minimum Gasteiger partial charge on any atom is -0.493 e. The van der Waals surface area contributed by atoms with E-state index in [1.807, 2.05) is 13.0 Å². The van der Waals surface area contributed by atoms with E-state index in [0.29, 0.717) is 23.9 Å². The Morgan fingerprint density at radius 2 is 1.91 bits per heavy atom. The standard InChI is InChI=1S/C16H23N3O3/c1-5-7-8-17-16-13-11(18-10-19-16)9-12(20-3)14(22-6-2)15(13)21-4/h9-10H,5-8H2,1-4H3,(H,17,18,19). The molecule has 120 valence electrons. The van der Waals surface area contributed by atoms with Gasteiger partial charge in [-0.2, -0.15) is 0 Å². The Balaban J connectivity index is 2.60. The summed E-state index contributed by atoms with van der Waals surface area (Å²) >= 11 is 0. The zero-order chi connectivity index (χ0) is 15.9. The van der Waals surface area contributed by atoms with Gasteiger partial charge in [-0.15, -0.1) is 0 Å². The molecule has 0 aliphatic heterocycles. The van der Waals surface area contributed by atoms with Crippen LogP contribution in [0.5, 0.6) is 17.2 Å². The molecule has 0 amide bonds. The summed E-state index contributed by atoms with van der Waals surface area (Å²) in [6.45, 7) is 5.44. The number of methoxy groups -OCH3 is 2.